The lowest BCUT2D eigenvalue weighted by molar-refractivity contribution is 0.191. The number of benzene rings is 1. The van der Waals surface area contributed by atoms with E-state index in [4.69, 9.17) is 0 Å². The van der Waals surface area contributed by atoms with Gasteiger partial charge in [0.05, 0.1) is 17.5 Å². The maximum absolute atomic E-state index is 10.2. The molecule has 2 aromatic rings. The van der Waals surface area contributed by atoms with Gasteiger partial charge in [0, 0.05) is 6.54 Å². The third-order valence-electron chi connectivity index (χ3n) is 3.42. The van der Waals surface area contributed by atoms with E-state index in [0.717, 1.165) is 29.8 Å². The van der Waals surface area contributed by atoms with Gasteiger partial charge in [-0.3, -0.25) is 0 Å². The SMILES string of the molecule is CCc1nnc(NCC(O)c2ccc(C)cc2)nc1CC. The quantitative estimate of drug-likeness (QED) is 0.853. The highest BCUT2D eigenvalue weighted by atomic mass is 16.3. The first-order valence-corrected chi connectivity index (χ1v) is 7.35. The number of aliphatic hydroxyl groups excluding tert-OH is 1. The fourth-order valence-electron chi connectivity index (χ4n) is 2.11. The lowest BCUT2D eigenvalue weighted by atomic mass is 10.1. The van der Waals surface area contributed by atoms with Gasteiger partial charge in [-0.1, -0.05) is 43.7 Å². The number of anilines is 1. The fourth-order valence-corrected chi connectivity index (χ4v) is 2.11. The van der Waals surface area contributed by atoms with Crippen molar-refractivity contribution < 1.29 is 5.11 Å². The molecule has 5 heteroatoms. The lowest BCUT2D eigenvalue weighted by Crippen LogP contribution is -2.16. The Bertz CT molecular complexity index is 583. The maximum atomic E-state index is 10.2. The second-order valence-corrected chi connectivity index (χ2v) is 5.04. The summed E-state index contributed by atoms with van der Waals surface area (Å²) in [4.78, 5) is 4.45. The van der Waals surface area contributed by atoms with E-state index in [1.54, 1.807) is 0 Å². The Morgan fingerprint density at radius 1 is 1.05 bits per heavy atom. The van der Waals surface area contributed by atoms with Crippen LogP contribution in [-0.2, 0) is 12.8 Å². The average Bonchev–Trinajstić information content (AvgIpc) is 2.52. The minimum atomic E-state index is -0.592. The molecule has 1 heterocycles. The molecule has 0 aliphatic carbocycles. The molecule has 1 unspecified atom stereocenters. The van der Waals surface area contributed by atoms with E-state index in [-0.39, 0.29) is 0 Å². The van der Waals surface area contributed by atoms with Crippen LogP contribution < -0.4 is 5.32 Å². The van der Waals surface area contributed by atoms with Crippen molar-refractivity contribution in [3.8, 4) is 0 Å². The van der Waals surface area contributed by atoms with Crippen molar-refractivity contribution in [2.45, 2.75) is 39.7 Å². The zero-order valence-corrected chi connectivity index (χ0v) is 12.8. The highest BCUT2D eigenvalue weighted by Gasteiger charge is 2.10. The number of aromatic nitrogens is 3. The molecule has 0 aliphatic heterocycles. The summed E-state index contributed by atoms with van der Waals surface area (Å²) < 4.78 is 0. The van der Waals surface area contributed by atoms with E-state index in [2.05, 4.69) is 20.5 Å². The summed E-state index contributed by atoms with van der Waals surface area (Å²) in [6.45, 7) is 6.47. The van der Waals surface area contributed by atoms with Crippen LogP contribution in [0.5, 0.6) is 0 Å². The summed E-state index contributed by atoms with van der Waals surface area (Å²) in [5.74, 6) is 0.468. The third kappa shape index (κ3) is 3.98. The summed E-state index contributed by atoms with van der Waals surface area (Å²) in [5.41, 5.74) is 3.94. The first kappa shape index (κ1) is 15.4. The van der Waals surface area contributed by atoms with Crippen LogP contribution in [0.1, 0.15) is 42.5 Å². The fraction of sp³-hybridized carbons (Fsp3) is 0.438. The third-order valence-corrected chi connectivity index (χ3v) is 3.42. The summed E-state index contributed by atoms with van der Waals surface area (Å²) in [7, 11) is 0. The normalized spacial score (nSPS) is 12.2. The topological polar surface area (TPSA) is 70.9 Å². The van der Waals surface area contributed by atoms with Crippen molar-refractivity contribution in [3.05, 3.63) is 46.8 Å². The molecule has 5 nitrogen and oxygen atoms in total. The standard InChI is InChI=1S/C16H22N4O/c1-4-13-14(5-2)19-20-16(18-13)17-10-15(21)12-8-6-11(3)7-9-12/h6-9,15,21H,4-5,10H2,1-3H3,(H,17,18,20). The van der Waals surface area contributed by atoms with Gasteiger partial charge in [-0.25, -0.2) is 4.98 Å². The zero-order valence-electron chi connectivity index (χ0n) is 12.8. The lowest BCUT2D eigenvalue weighted by Gasteiger charge is -2.13. The molecule has 0 radical (unpaired) electrons. The highest BCUT2D eigenvalue weighted by Crippen LogP contribution is 2.14. The second-order valence-electron chi connectivity index (χ2n) is 5.04. The molecule has 0 amide bonds. The molecule has 1 aromatic heterocycles. The van der Waals surface area contributed by atoms with Gasteiger partial charge in [-0.05, 0) is 25.3 Å². The number of aryl methyl sites for hydroxylation is 3. The molecule has 1 aromatic carbocycles. The zero-order chi connectivity index (χ0) is 15.2. The Balaban J connectivity index is 2.00. The number of hydrogen-bond acceptors (Lipinski definition) is 5. The largest absolute Gasteiger partial charge is 0.387 e. The molecule has 112 valence electrons. The van der Waals surface area contributed by atoms with Crippen LogP contribution in [-0.4, -0.2) is 26.8 Å². The highest BCUT2D eigenvalue weighted by molar-refractivity contribution is 5.28. The van der Waals surface area contributed by atoms with Crippen molar-refractivity contribution >= 4 is 5.95 Å². The van der Waals surface area contributed by atoms with E-state index >= 15 is 0 Å². The molecule has 0 saturated heterocycles. The van der Waals surface area contributed by atoms with E-state index in [0.29, 0.717) is 12.5 Å². The van der Waals surface area contributed by atoms with Crippen molar-refractivity contribution in [1.29, 1.82) is 0 Å². The van der Waals surface area contributed by atoms with E-state index in [1.165, 1.54) is 5.56 Å². The molecule has 0 spiro atoms. The van der Waals surface area contributed by atoms with Gasteiger partial charge in [0.1, 0.15) is 0 Å². The van der Waals surface area contributed by atoms with Gasteiger partial charge in [0.25, 0.3) is 0 Å². The van der Waals surface area contributed by atoms with E-state index in [1.807, 2.05) is 45.0 Å². The molecule has 1 atom stereocenters. The molecule has 0 saturated carbocycles. The predicted molar refractivity (Wildman–Crippen MR) is 83.2 cm³/mol. The Hall–Kier alpha value is -2.01. The van der Waals surface area contributed by atoms with Crippen LogP contribution in [0.4, 0.5) is 5.95 Å². The van der Waals surface area contributed by atoms with Crippen molar-refractivity contribution in [3.63, 3.8) is 0 Å². The van der Waals surface area contributed by atoms with Gasteiger partial charge in [0.2, 0.25) is 5.95 Å². The molecule has 0 bridgehead atoms. The van der Waals surface area contributed by atoms with Crippen molar-refractivity contribution in [1.82, 2.24) is 15.2 Å². The number of hydrogen-bond donors (Lipinski definition) is 2. The average molecular weight is 286 g/mol. The van der Waals surface area contributed by atoms with Crippen molar-refractivity contribution in [2.75, 3.05) is 11.9 Å². The molecule has 21 heavy (non-hydrogen) atoms. The molecule has 2 N–H and O–H groups in total. The summed E-state index contributed by atoms with van der Waals surface area (Å²) in [5, 5.41) is 21.4. The first-order chi connectivity index (χ1) is 10.1. The molecule has 0 fully saturated rings. The van der Waals surface area contributed by atoms with Crippen molar-refractivity contribution in [2.24, 2.45) is 0 Å². The van der Waals surface area contributed by atoms with Crippen LogP contribution in [0.15, 0.2) is 24.3 Å². The van der Waals surface area contributed by atoms with Crippen LogP contribution in [0.3, 0.4) is 0 Å². The van der Waals surface area contributed by atoms with Gasteiger partial charge < -0.3 is 10.4 Å². The predicted octanol–water partition coefficient (Wildman–Crippen LogP) is 2.45. The van der Waals surface area contributed by atoms with Crippen LogP contribution in [0.2, 0.25) is 0 Å². The minimum absolute atomic E-state index is 0.360. The Labute approximate surface area is 125 Å². The monoisotopic (exact) mass is 286 g/mol. The van der Waals surface area contributed by atoms with Gasteiger partial charge in [-0.15, -0.1) is 5.10 Å². The molecular weight excluding hydrogens is 264 g/mol. The van der Waals surface area contributed by atoms with E-state index < -0.39 is 6.10 Å². The first-order valence-electron chi connectivity index (χ1n) is 7.35. The summed E-state index contributed by atoms with van der Waals surface area (Å²) >= 11 is 0. The Morgan fingerprint density at radius 3 is 2.33 bits per heavy atom. The number of nitrogens with zero attached hydrogens (tertiary/aromatic N) is 3. The number of rotatable bonds is 6. The van der Waals surface area contributed by atoms with Gasteiger partial charge in [0.15, 0.2) is 0 Å². The summed E-state index contributed by atoms with van der Waals surface area (Å²) in [6, 6.07) is 7.83. The van der Waals surface area contributed by atoms with E-state index in [9.17, 15) is 5.11 Å². The maximum Gasteiger partial charge on any atom is 0.243 e. The number of nitrogens with one attached hydrogen (secondary N) is 1. The van der Waals surface area contributed by atoms with Gasteiger partial charge in [-0.2, -0.15) is 5.10 Å². The molecular formula is C16H22N4O. The van der Waals surface area contributed by atoms with Crippen LogP contribution in [0, 0.1) is 6.92 Å². The Morgan fingerprint density at radius 2 is 1.71 bits per heavy atom. The summed E-state index contributed by atoms with van der Waals surface area (Å²) in [6.07, 6.45) is 1.06. The smallest absolute Gasteiger partial charge is 0.243 e. The molecule has 2 rings (SSSR count). The van der Waals surface area contributed by atoms with Gasteiger partial charge >= 0.3 is 0 Å². The second kappa shape index (κ2) is 7.13. The Kier molecular flexibility index (Phi) is 5.22. The minimum Gasteiger partial charge on any atom is -0.387 e. The number of aliphatic hydroxyl groups is 1. The molecule has 0 aliphatic rings. The van der Waals surface area contributed by atoms with Crippen LogP contribution >= 0.6 is 0 Å². The van der Waals surface area contributed by atoms with Crippen LogP contribution in [0.25, 0.3) is 0 Å².